The molecule has 0 saturated carbocycles. The van der Waals surface area contributed by atoms with Gasteiger partial charge in [0, 0.05) is 30.7 Å². The van der Waals surface area contributed by atoms with Gasteiger partial charge in [0.2, 0.25) is 0 Å². The van der Waals surface area contributed by atoms with E-state index in [1.54, 1.807) is 0 Å². The minimum atomic E-state index is -4.41. The molecule has 3 nitrogen and oxygen atoms in total. The molecule has 1 amide bonds. The molecule has 3 rings (SSSR count). The van der Waals surface area contributed by atoms with Crippen molar-refractivity contribution in [2.24, 2.45) is 0 Å². The maximum absolute atomic E-state index is 12.7. The molecule has 0 radical (unpaired) electrons. The normalized spacial score (nSPS) is 20.7. The number of nitrogens with one attached hydrogen (secondary N) is 1. The summed E-state index contributed by atoms with van der Waals surface area (Å²) in [6.45, 7) is 1.73. The zero-order valence-corrected chi connectivity index (χ0v) is 14.9. The quantitative estimate of drug-likeness (QED) is 0.847. The molecule has 1 aliphatic heterocycles. The van der Waals surface area contributed by atoms with Crippen molar-refractivity contribution in [3.63, 3.8) is 0 Å². The predicted octanol–water partition coefficient (Wildman–Crippen LogP) is 4.57. The first kappa shape index (κ1) is 19.4. The van der Waals surface area contributed by atoms with E-state index in [0.717, 1.165) is 37.0 Å². The first-order valence-electron chi connectivity index (χ1n) is 8.99. The van der Waals surface area contributed by atoms with Gasteiger partial charge in [-0.05, 0) is 49.1 Å². The molecule has 0 spiro atoms. The minimum Gasteiger partial charge on any atom is -0.381 e. The fourth-order valence-electron chi connectivity index (χ4n) is 3.53. The molecule has 144 valence electrons. The number of carbonyl (C=O) groups excluding carboxylic acids is 1. The van der Waals surface area contributed by atoms with E-state index in [1.165, 1.54) is 12.1 Å². The Bertz CT molecular complexity index is 749. The van der Waals surface area contributed by atoms with Gasteiger partial charge in [-0.2, -0.15) is 13.2 Å². The number of rotatable bonds is 4. The molecule has 0 bridgehead atoms. The molecule has 0 aromatic heterocycles. The zero-order chi connectivity index (χ0) is 19.3. The van der Waals surface area contributed by atoms with Gasteiger partial charge in [0.25, 0.3) is 5.91 Å². The van der Waals surface area contributed by atoms with Gasteiger partial charge < -0.3 is 10.1 Å². The van der Waals surface area contributed by atoms with Gasteiger partial charge in [0.1, 0.15) is 0 Å². The van der Waals surface area contributed by atoms with Gasteiger partial charge in [0.15, 0.2) is 0 Å². The van der Waals surface area contributed by atoms with Crippen LogP contribution < -0.4 is 5.32 Å². The fourth-order valence-corrected chi connectivity index (χ4v) is 3.53. The van der Waals surface area contributed by atoms with Gasteiger partial charge in [0.05, 0.1) is 5.56 Å². The Balaban J connectivity index is 1.74. The molecule has 2 aromatic carbocycles. The molecule has 1 heterocycles. The second-order valence-electron chi connectivity index (χ2n) is 6.87. The van der Waals surface area contributed by atoms with E-state index >= 15 is 0 Å². The molecule has 27 heavy (non-hydrogen) atoms. The fraction of sp³-hybridized carbons (Fsp3) is 0.381. The number of amides is 1. The number of alkyl halides is 3. The van der Waals surface area contributed by atoms with Crippen molar-refractivity contribution < 1.29 is 22.7 Å². The molecule has 6 heteroatoms. The van der Waals surface area contributed by atoms with Crippen molar-refractivity contribution in [1.29, 1.82) is 0 Å². The Morgan fingerprint density at radius 2 is 1.70 bits per heavy atom. The molecule has 1 saturated heterocycles. The topological polar surface area (TPSA) is 38.3 Å². The molecule has 1 aliphatic rings. The Morgan fingerprint density at radius 1 is 1.00 bits per heavy atom. The molecule has 0 aliphatic carbocycles. The summed E-state index contributed by atoms with van der Waals surface area (Å²) in [6.07, 6.45) is -1.85. The van der Waals surface area contributed by atoms with Crippen LogP contribution in [0.1, 0.15) is 40.7 Å². The van der Waals surface area contributed by atoms with Crippen LogP contribution in [0.4, 0.5) is 13.2 Å². The molecule has 1 atom stereocenters. The standard InChI is InChI=1S/C21H22F3NO2/c22-21(23,24)18-9-7-16(8-10-18)19(26)25-15-20(11-4-13-27-14-12-20)17-5-2-1-3-6-17/h1-3,5-10H,4,11-15H2,(H,25,26). The molecule has 1 fully saturated rings. The van der Waals surface area contributed by atoms with Crippen LogP contribution in [0.2, 0.25) is 0 Å². The monoisotopic (exact) mass is 377 g/mol. The molecular formula is C21H22F3NO2. The van der Waals surface area contributed by atoms with Gasteiger partial charge in [-0.25, -0.2) is 0 Å². The van der Waals surface area contributed by atoms with Crippen LogP contribution in [0.15, 0.2) is 54.6 Å². The van der Waals surface area contributed by atoms with Crippen LogP contribution >= 0.6 is 0 Å². The third-order valence-electron chi connectivity index (χ3n) is 5.12. The van der Waals surface area contributed by atoms with Crippen LogP contribution in [0, 0.1) is 0 Å². The van der Waals surface area contributed by atoms with E-state index in [9.17, 15) is 18.0 Å². The minimum absolute atomic E-state index is 0.219. The van der Waals surface area contributed by atoms with Crippen LogP contribution in [-0.4, -0.2) is 25.7 Å². The van der Waals surface area contributed by atoms with Crippen molar-refractivity contribution in [2.45, 2.75) is 30.9 Å². The first-order valence-corrected chi connectivity index (χ1v) is 8.99. The van der Waals surface area contributed by atoms with Crippen LogP contribution in [0.25, 0.3) is 0 Å². The highest BCUT2D eigenvalue weighted by molar-refractivity contribution is 5.94. The van der Waals surface area contributed by atoms with Gasteiger partial charge in [-0.15, -0.1) is 0 Å². The maximum atomic E-state index is 12.7. The SMILES string of the molecule is O=C(NCC1(c2ccccc2)CCCOCC1)c1ccc(C(F)(F)F)cc1. The van der Waals surface area contributed by atoms with Crippen LogP contribution in [0.3, 0.4) is 0 Å². The number of halogens is 3. The zero-order valence-electron chi connectivity index (χ0n) is 14.9. The summed E-state index contributed by atoms with van der Waals surface area (Å²) in [7, 11) is 0. The second-order valence-corrected chi connectivity index (χ2v) is 6.87. The highest BCUT2D eigenvalue weighted by Crippen LogP contribution is 2.34. The Kier molecular flexibility index (Phi) is 5.85. The number of ether oxygens (including phenoxy) is 1. The Hall–Kier alpha value is -2.34. The van der Waals surface area contributed by atoms with Crippen molar-refractivity contribution in [3.8, 4) is 0 Å². The van der Waals surface area contributed by atoms with E-state index < -0.39 is 11.7 Å². The van der Waals surface area contributed by atoms with Gasteiger partial charge in [-0.3, -0.25) is 4.79 Å². The summed E-state index contributed by atoms with van der Waals surface area (Å²) in [6, 6.07) is 14.3. The average Bonchev–Trinajstić information content (AvgIpc) is 2.93. The Morgan fingerprint density at radius 3 is 2.37 bits per heavy atom. The lowest BCUT2D eigenvalue weighted by Gasteiger charge is -2.33. The van der Waals surface area contributed by atoms with Crippen molar-refractivity contribution >= 4 is 5.91 Å². The number of hydrogen-bond donors (Lipinski definition) is 1. The summed E-state index contributed by atoms with van der Waals surface area (Å²) in [5.41, 5.74) is 0.360. The summed E-state index contributed by atoms with van der Waals surface area (Å²) in [5, 5.41) is 2.92. The van der Waals surface area contributed by atoms with E-state index in [0.29, 0.717) is 19.8 Å². The highest BCUT2D eigenvalue weighted by Gasteiger charge is 2.34. The number of benzene rings is 2. The summed E-state index contributed by atoms with van der Waals surface area (Å²) in [5.74, 6) is -0.371. The largest absolute Gasteiger partial charge is 0.416 e. The number of carbonyl (C=O) groups is 1. The Labute approximate surface area is 156 Å². The third kappa shape index (κ3) is 4.69. The average molecular weight is 377 g/mol. The van der Waals surface area contributed by atoms with Crippen molar-refractivity contribution in [2.75, 3.05) is 19.8 Å². The van der Waals surface area contributed by atoms with E-state index in [4.69, 9.17) is 4.74 Å². The maximum Gasteiger partial charge on any atom is 0.416 e. The lowest BCUT2D eigenvalue weighted by molar-refractivity contribution is -0.137. The van der Waals surface area contributed by atoms with Crippen molar-refractivity contribution in [3.05, 3.63) is 71.3 Å². The second kappa shape index (κ2) is 8.13. The summed E-state index contributed by atoms with van der Waals surface area (Å²) in [4.78, 5) is 12.5. The van der Waals surface area contributed by atoms with Crippen LogP contribution in [-0.2, 0) is 16.3 Å². The van der Waals surface area contributed by atoms with E-state index in [1.807, 2.05) is 18.2 Å². The highest BCUT2D eigenvalue weighted by atomic mass is 19.4. The predicted molar refractivity (Wildman–Crippen MR) is 96.6 cm³/mol. The lowest BCUT2D eigenvalue weighted by atomic mass is 9.74. The summed E-state index contributed by atoms with van der Waals surface area (Å²) < 4.78 is 43.6. The lowest BCUT2D eigenvalue weighted by Crippen LogP contribution is -2.41. The molecule has 1 unspecified atom stereocenters. The van der Waals surface area contributed by atoms with E-state index in [-0.39, 0.29) is 16.9 Å². The number of hydrogen-bond acceptors (Lipinski definition) is 2. The third-order valence-corrected chi connectivity index (χ3v) is 5.12. The van der Waals surface area contributed by atoms with Crippen molar-refractivity contribution in [1.82, 2.24) is 5.32 Å². The molecular weight excluding hydrogens is 355 g/mol. The van der Waals surface area contributed by atoms with Gasteiger partial charge in [-0.1, -0.05) is 30.3 Å². The molecule has 1 N–H and O–H groups in total. The van der Waals surface area contributed by atoms with Crippen LogP contribution in [0.5, 0.6) is 0 Å². The molecule has 2 aromatic rings. The van der Waals surface area contributed by atoms with Gasteiger partial charge >= 0.3 is 6.18 Å². The van der Waals surface area contributed by atoms with E-state index in [2.05, 4.69) is 17.4 Å². The summed E-state index contributed by atoms with van der Waals surface area (Å²) >= 11 is 0. The first-order chi connectivity index (χ1) is 12.9. The smallest absolute Gasteiger partial charge is 0.381 e.